The average Bonchev–Trinajstić information content (AvgIpc) is 2.59. The Morgan fingerprint density at radius 1 is 1.35 bits per heavy atom. The van der Waals surface area contributed by atoms with Crippen LogP contribution in [0.2, 0.25) is 0 Å². The topological polar surface area (TPSA) is 40.1 Å². The maximum absolute atomic E-state index is 13.4. The van der Waals surface area contributed by atoms with Gasteiger partial charge in [-0.05, 0) is 23.6 Å². The molecule has 1 N–H and O–H groups in total. The van der Waals surface area contributed by atoms with E-state index in [9.17, 15) is 4.39 Å². The zero-order valence-electron chi connectivity index (χ0n) is 16.2. The van der Waals surface area contributed by atoms with Gasteiger partial charge in [0.25, 0.3) is 0 Å². The summed E-state index contributed by atoms with van der Waals surface area (Å²) >= 11 is 0. The smallest absolute Gasteiger partial charge is 0.193 e. The number of hydrogen-bond acceptors (Lipinski definition) is 3. The van der Waals surface area contributed by atoms with Gasteiger partial charge in [-0.1, -0.05) is 26.0 Å². The van der Waals surface area contributed by atoms with E-state index in [1.54, 1.807) is 19.2 Å². The molecule has 7 heteroatoms. The summed E-state index contributed by atoms with van der Waals surface area (Å²) in [7, 11) is 3.75. The van der Waals surface area contributed by atoms with E-state index in [-0.39, 0.29) is 29.8 Å². The van der Waals surface area contributed by atoms with Crippen molar-refractivity contribution in [1.29, 1.82) is 0 Å². The second kappa shape index (κ2) is 11.7. The SMILES string of the molecule is CN=C(NCC(C(C)C)N1CCOCC1)N(C)Cc1cccc(F)c1.I. The van der Waals surface area contributed by atoms with Crippen molar-refractivity contribution in [2.45, 2.75) is 26.4 Å². The van der Waals surface area contributed by atoms with Gasteiger partial charge in [-0.25, -0.2) is 4.39 Å². The molecule has 1 fully saturated rings. The predicted octanol–water partition coefficient (Wildman–Crippen LogP) is 2.81. The second-order valence-electron chi connectivity index (χ2n) is 6.87. The molecule has 0 bridgehead atoms. The predicted molar refractivity (Wildman–Crippen MR) is 116 cm³/mol. The molecular weight excluding hydrogens is 446 g/mol. The van der Waals surface area contributed by atoms with Crippen molar-refractivity contribution in [1.82, 2.24) is 15.1 Å². The van der Waals surface area contributed by atoms with Crippen LogP contribution in [-0.2, 0) is 11.3 Å². The number of nitrogens with one attached hydrogen (secondary N) is 1. The number of hydrogen-bond donors (Lipinski definition) is 1. The maximum atomic E-state index is 13.4. The Hall–Kier alpha value is -0.930. The van der Waals surface area contributed by atoms with Gasteiger partial charge in [0.05, 0.1) is 13.2 Å². The number of halogens is 2. The lowest BCUT2D eigenvalue weighted by Gasteiger charge is -2.37. The van der Waals surface area contributed by atoms with Crippen LogP contribution >= 0.6 is 24.0 Å². The van der Waals surface area contributed by atoms with Crippen LogP contribution in [0.25, 0.3) is 0 Å². The van der Waals surface area contributed by atoms with Gasteiger partial charge in [-0.2, -0.15) is 0 Å². The Bertz CT molecular complexity index is 564. The van der Waals surface area contributed by atoms with Crippen LogP contribution in [0.4, 0.5) is 4.39 Å². The molecule has 1 saturated heterocycles. The fraction of sp³-hybridized carbons (Fsp3) is 0.632. The number of guanidine groups is 1. The minimum Gasteiger partial charge on any atom is -0.379 e. The van der Waals surface area contributed by atoms with Crippen LogP contribution < -0.4 is 5.32 Å². The van der Waals surface area contributed by atoms with Crippen molar-refractivity contribution in [3.8, 4) is 0 Å². The normalized spacial score (nSPS) is 16.9. The highest BCUT2D eigenvalue weighted by Gasteiger charge is 2.24. The van der Waals surface area contributed by atoms with Crippen molar-refractivity contribution in [3.63, 3.8) is 0 Å². The van der Waals surface area contributed by atoms with E-state index in [0.29, 0.717) is 18.5 Å². The van der Waals surface area contributed by atoms with Crippen LogP contribution in [0.15, 0.2) is 29.3 Å². The number of ether oxygens (including phenoxy) is 1. The molecule has 1 aliphatic heterocycles. The molecule has 0 aromatic heterocycles. The highest BCUT2D eigenvalue weighted by molar-refractivity contribution is 14.0. The third kappa shape index (κ3) is 7.00. The molecule has 1 aliphatic rings. The fourth-order valence-electron chi connectivity index (χ4n) is 3.26. The molecule has 2 rings (SSSR count). The molecule has 0 saturated carbocycles. The Morgan fingerprint density at radius 3 is 2.62 bits per heavy atom. The lowest BCUT2D eigenvalue weighted by Crippen LogP contribution is -2.52. The van der Waals surface area contributed by atoms with Gasteiger partial charge >= 0.3 is 0 Å². The lowest BCUT2D eigenvalue weighted by atomic mass is 10.0. The van der Waals surface area contributed by atoms with Gasteiger partial charge in [0.15, 0.2) is 5.96 Å². The third-order valence-corrected chi connectivity index (χ3v) is 4.64. The van der Waals surface area contributed by atoms with Crippen molar-refractivity contribution >= 4 is 29.9 Å². The van der Waals surface area contributed by atoms with E-state index < -0.39 is 0 Å². The Balaban J connectivity index is 0.00000338. The number of benzene rings is 1. The van der Waals surface area contributed by atoms with Crippen molar-refractivity contribution in [2.75, 3.05) is 46.9 Å². The Morgan fingerprint density at radius 2 is 2.04 bits per heavy atom. The van der Waals surface area contributed by atoms with E-state index in [4.69, 9.17) is 4.74 Å². The summed E-state index contributed by atoms with van der Waals surface area (Å²) < 4.78 is 18.8. The number of rotatable bonds is 6. The highest BCUT2D eigenvalue weighted by Crippen LogP contribution is 2.12. The Kier molecular flexibility index (Phi) is 10.4. The first-order chi connectivity index (χ1) is 12.0. The van der Waals surface area contributed by atoms with Gasteiger partial charge in [-0.15, -0.1) is 24.0 Å². The maximum Gasteiger partial charge on any atom is 0.193 e. The summed E-state index contributed by atoms with van der Waals surface area (Å²) in [5, 5.41) is 3.48. The van der Waals surface area contributed by atoms with Crippen molar-refractivity contribution < 1.29 is 9.13 Å². The molecule has 1 heterocycles. The van der Waals surface area contributed by atoms with E-state index in [1.165, 1.54) is 6.07 Å². The lowest BCUT2D eigenvalue weighted by molar-refractivity contribution is 0.00741. The molecule has 26 heavy (non-hydrogen) atoms. The van der Waals surface area contributed by atoms with Crippen LogP contribution in [0, 0.1) is 11.7 Å². The first-order valence-corrected chi connectivity index (χ1v) is 8.99. The molecule has 1 unspecified atom stereocenters. The summed E-state index contributed by atoms with van der Waals surface area (Å²) in [6, 6.07) is 7.13. The first-order valence-electron chi connectivity index (χ1n) is 8.99. The summed E-state index contributed by atoms with van der Waals surface area (Å²) in [5.74, 6) is 1.15. The quantitative estimate of drug-likeness (QED) is 0.388. The van der Waals surface area contributed by atoms with Gasteiger partial charge < -0.3 is 15.0 Å². The van der Waals surface area contributed by atoms with Gasteiger partial charge in [-0.3, -0.25) is 9.89 Å². The average molecular weight is 478 g/mol. The zero-order valence-corrected chi connectivity index (χ0v) is 18.6. The summed E-state index contributed by atoms with van der Waals surface area (Å²) in [4.78, 5) is 8.88. The molecule has 5 nitrogen and oxygen atoms in total. The molecule has 1 aromatic rings. The summed E-state index contributed by atoms with van der Waals surface area (Å²) in [5.41, 5.74) is 0.930. The van der Waals surface area contributed by atoms with Crippen molar-refractivity contribution in [2.24, 2.45) is 10.9 Å². The summed E-state index contributed by atoms with van der Waals surface area (Å²) in [6.07, 6.45) is 0. The number of aliphatic imine (C=N–C) groups is 1. The van der Waals surface area contributed by atoms with Crippen LogP contribution in [0.3, 0.4) is 0 Å². The Labute approximate surface area is 174 Å². The van der Waals surface area contributed by atoms with Crippen LogP contribution in [0.1, 0.15) is 19.4 Å². The molecule has 0 radical (unpaired) electrons. The summed E-state index contributed by atoms with van der Waals surface area (Å²) in [6.45, 7) is 9.50. The molecule has 1 aromatic carbocycles. The molecule has 148 valence electrons. The first kappa shape index (κ1) is 23.1. The molecule has 0 spiro atoms. The molecular formula is C19H32FIN4O. The van der Waals surface area contributed by atoms with E-state index >= 15 is 0 Å². The second-order valence-corrected chi connectivity index (χ2v) is 6.87. The van der Waals surface area contributed by atoms with Crippen LogP contribution in [-0.4, -0.2) is 68.7 Å². The minimum atomic E-state index is -0.207. The van der Waals surface area contributed by atoms with Crippen LogP contribution in [0.5, 0.6) is 0 Å². The van der Waals surface area contributed by atoms with Gasteiger partial charge in [0.2, 0.25) is 0 Å². The minimum absolute atomic E-state index is 0. The van der Waals surface area contributed by atoms with Gasteiger partial charge in [0.1, 0.15) is 5.82 Å². The molecule has 0 amide bonds. The fourth-order valence-corrected chi connectivity index (χ4v) is 3.26. The third-order valence-electron chi connectivity index (χ3n) is 4.64. The largest absolute Gasteiger partial charge is 0.379 e. The zero-order chi connectivity index (χ0) is 18.2. The van der Waals surface area contributed by atoms with Crippen molar-refractivity contribution in [3.05, 3.63) is 35.6 Å². The van der Waals surface area contributed by atoms with E-state index in [0.717, 1.165) is 44.4 Å². The van der Waals surface area contributed by atoms with Gasteiger partial charge in [0, 0.05) is 46.3 Å². The number of nitrogens with zero attached hydrogens (tertiary/aromatic N) is 3. The number of morpholine rings is 1. The van der Waals surface area contributed by atoms with E-state index in [2.05, 4.69) is 29.1 Å². The molecule has 0 aliphatic carbocycles. The molecule has 1 atom stereocenters. The monoisotopic (exact) mass is 478 g/mol. The highest BCUT2D eigenvalue weighted by atomic mass is 127. The van der Waals surface area contributed by atoms with E-state index in [1.807, 2.05) is 18.0 Å². The standard InChI is InChI=1S/C19H31FN4O.HI/c1-15(2)18(24-8-10-25-11-9-24)13-22-19(21-3)23(4)14-16-6-5-7-17(20)12-16;/h5-7,12,15,18H,8-11,13-14H2,1-4H3,(H,21,22);1H.